The maximum Gasteiger partial charge on any atom is 0.331 e. The Bertz CT molecular complexity index is 64.3. The van der Waals surface area contributed by atoms with Crippen molar-refractivity contribution in [2.75, 3.05) is 13.2 Å². The summed E-state index contributed by atoms with van der Waals surface area (Å²) >= 11 is 0. The van der Waals surface area contributed by atoms with Crippen molar-refractivity contribution in [3.63, 3.8) is 0 Å². The minimum Gasteiger partial charge on any atom is -0.464 e. The van der Waals surface area contributed by atoms with Gasteiger partial charge in [-0.3, -0.25) is 0 Å². The van der Waals surface area contributed by atoms with E-state index in [1.165, 1.54) is 0 Å². The molecule has 44 valence electrons. The van der Waals surface area contributed by atoms with Crippen molar-refractivity contribution < 1.29 is 34.1 Å². The molecule has 0 aromatic heterocycles. The molecule has 0 saturated heterocycles. The molecule has 0 amide bonds. The van der Waals surface area contributed by atoms with Gasteiger partial charge in [0.25, 0.3) is 0 Å². The van der Waals surface area contributed by atoms with Crippen LogP contribution < -0.4 is 0 Å². The van der Waals surface area contributed by atoms with Crippen molar-refractivity contribution in [2.45, 2.75) is 6.92 Å². The van der Waals surface area contributed by atoms with Crippen LogP contribution in [-0.4, -0.2) is 24.3 Å². The zero-order valence-electron chi connectivity index (χ0n) is 4.89. The second kappa shape index (κ2) is 7.05. The van der Waals surface area contributed by atoms with Gasteiger partial charge in [0.2, 0.25) is 0 Å². The van der Waals surface area contributed by atoms with Crippen molar-refractivity contribution in [3.05, 3.63) is 0 Å². The number of aliphatic hydroxyl groups is 1. The number of carbonyl (C=O) groups is 1. The molecule has 0 aromatic carbocycles. The Balaban J connectivity index is 0. The third kappa shape index (κ3) is 6.05. The Morgan fingerprint density at radius 2 is 2.25 bits per heavy atom. The van der Waals surface area contributed by atoms with Crippen molar-refractivity contribution in [1.29, 1.82) is 0 Å². The van der Waals surface area contributed by atoms with Gasteiger partial charge >= 0.3 is 5.97 Å². The van der Waals surface area contributed by atoms with Gasteiger partial charge in [-0.05, 0) is 6.92 Å². The minimum atomic E-state index is -0.567. The molecule has 0 spiro atoms. The standard InChI is InChI=1S/C4H8O3.Zn/c1-2-7-4(6)3-5;/h5H,2-3H2,1H3;. The Labute approximate surface area is 60.8 Å². The third-order valence-electron chi connectivity index (χ3n) is 0.434. The number of aliphatic hydroxyl groups excluding tert-OH is 1. The Morgan fingerprint density at radius 3 is 2.38 bits per heavy atom. The van der Waals surface area contributed by atoms with Crippen LogP contribution >= 0.6 is 0 Å². The quantitative estimate of drug-likeness (QED) is 0.450. The predicted octanol–water partition coefficient (Wildman–Crippen LogP) is -0.461. The van der Waals surface area contributed by atoms with Crippen molar-refractivity contribution in [1.82, 2.24) is 0 Å². The number of ether oxygens (including phenoxy) is 1. The summed E-state index contributed by atoms with van der Waals surface area (Å²) in [5, 5.41) is 7.99. The van der Waals surface area contributed by atoms with E-state index in [2.05, 4.69) is 4.74 Å². The molecule has 0 radical (unpaired) electrons. The Hall–Kier alpha value is 0.0534. The fourth-order valence-corrected chi connectivity index (χ4v) is 0.207. The number of hydrogen-bond acceptors (Lipinski definition) is 3. The van der Waals surface area contributed by atoms with E-state index in [4.69, 9.17) is 5.11 Å². The second-order valence-corrected chi connectivity index (χ2v) is 0.963. The summed E-state index contributed by atoms with van der Waals surface area (Å²) in [5.41, 5.74) is 0. The average Bonchev–Trinajstić information content (AvgIpc) is 1.68. The fourth-order valence-electron chi connectivity index (χ4n) is 0.207. The molecule has 3 nitrogen and oxygen atoms in total. The Kier molecular flexibility index (Phi) is 9.64. The van der Waals surface area contributed by atoms with E-state index < -0.39 is 12.6 Å². The second-order valence-electron chi connectivity index (χ2n) is 0.963. The minimum absolute atomic E-state index is 0. The van der Waals surface area contributed by atoms with Gasteiger partial charge in [-0.15, -0.1) is 0 Å². The first-order valence-electron chi connectivity index (χ1n) is 2.07. The van der Waals surface area contributed by atoms with Gasteiger partial charge < -0.3 is 9.84 Å². The summed E-state index contributed by atoms with van der Waals surface area (Å²) < 4.78 is 4.30. The van der Waals surface area contributed by atoms with Crippen LogP contribution in [0, 0.1) is 0 Å². The number of rotatable bonds is 2. The molecule has 0 atom stereocenters. The summed E-state index contributed by atoms with van der Waals surface area (Å²) in [6.07, 6.45) is 0. The topological polar surface area (TPSA) is 46.5 Å². The maximum absolute atomic E-state index is 9.94. The van der Waals surface area contributed by atoms with Gasteiger partial charge in [0.05, 0.1) is 6.61 Å². The van der Waals surface area contributed by atoms with Crippen molar-refractivity contribution in [2.24, 2.45) is 0 Å². The normalized spacial score (nSPS) is 7.25. The number of esters is 1. The van der Waals surface area contributed by atoms with E-state index in [9.17, 15) is 4.79 Å². The molecular weight excluding hydrogens is 161 g/mol. The Morgan fingerprint density at radius 1 is 1.75 bits per heavy atom. The zero-order chi connectivity index (χ0) is 5.70. The molecule has 0 saturated carbocycles. The van der Waals surface area contributed by atoms with E-state index >= 15 is 0 Å². The third-order valence-corrected chi connectivity index (χ3v) is 0.434. The smallest absolute Gasteiger partial charge is 0.331 e. The average molecular weight is 169 g/mol. The zero-order valence-corrected chi connectivity index (χ0v) is 7.85. The van der Waals surface area contributed by atoms with Crippen LogP contribution in [0.3, 0.4) is 0 Å². The molecule has 1 N–H and O–H groups in total. The monoisotopic (exact) mass is 168 g/mol. The van der Waals surface area contributed by atoms with Gasteiger partial charge in [-0.25, -0.2) is 4.79 Å². The van der Waals surface area contributed by atoms with Crippen LogP contribution in [0.2, 0.25) is 0 Å². The van der Waals surface area contributed by atoms with Crippen LogP contribution in [-0.2, 0) is 29.0 Å². The van der Waals surface area contributed by atoms with Crippen LogP contribution in [0.5, 0.6) is 0 Å². The number of carbonyl (C=O) groups excluding carboxylic acids is 1. The van der Waals surface area contributed by atoms with Gasteiger partial charge in [0.15, 0.2) is 0 Å². The molecule has 0 bridgehead atoms. The molecule has 0 aromatic rings. The summed E-state index contributed by atoms with van der Waals surface area (Å²) in [6.45, 7) is 1.50. The summed E-state index contributed by atoms with van der Waals surface area (Å²) in [5.74, 6) is -0.567. The first kappa shape index (κ1) is 10.9. The van der Waals surface area contributed by atoms with E-state index in [-0.39, 0.29) is 19.5 Å². The van der Waals surface area contributed by atoms with Crippen molar-refractivity contribution in [3.8, 4) is 0 Å². The van der Waals surface area contributed by atoms with Gasteiger partial charge in [0.1, 0.15) is 6.61 Å². The molecule has 8 heavy (non-hydrogen) atoms. The maximum atomic E-state index is 9.94. The molecular formula is C4H8O3Zn. The largest absolute Gasteiger partial charge is 0.464 e. The van der Waals surface area contributed by atoms with E-state index in [0.717, 1.165) is 0 Å². The van der Waals surface area contributed by atoms with Crippen LogP contribution in [0.15, 0.2) is 0 Å². The molecule has 0 heterocycles. The van der Waals surface area contributed by atoms with Gasteiger partial charge in [-0.1, -0.05) is 0 Å². The SMILES string of the molecule is CCOC(=O)CO.[Zn]. The van der Waals surface area contributed by atoms with Crippen LogP contribution in [0.1, 0.15) is 6.92 Å². The molecule has 0 unspecified atom stereocenters. The van der Waals surface area contributed by atoms with Crippen molar-refractivity contribution >= 4 is 5.97 Å². The predicted molar refractivity (Wildman–Crippen MR) is 23.7 cm³/mol. The van der Waals surface area contributed by atoms with Crippen LogP contribution in [0.4, 0.5) is 0 Å². The van der Waals surface area contributed by atoms with E-state index in [1.54, 1.807) is 6.92 Å². The summed E-state index contributed by atoms with van der Waals surface area (Å²) in [7, 11) is 0. The first-order chi connectivity index (χ1) is 3.31. The fraction of sp³-hybridized carbons (Fsp3) is 0.750. The van der Waals surface area contributed by atoms with E-state index in [1.807, 2.05) is 0 Å². The van der Waals surface area contributed by atoms with E-state index in [0.29, 0.717) is 6.61 Å². The summed E-state index contributed by atoms with van der Waals surface area (Å²) in [6, 6.07) is 0. The molecule has 0 rings (SSSR count). The molecule has 0 aliphatic rings. The molecule has 4 heteroatoms. The van der Waals surface area contributed by atoms with Gasteiger partial charge in [-0.2, -0.15) is 0 Å². The molecule has 0 aliphatic heterocycles. The number of hydrogen-bond donors (Lipinski definition) is 1. The molecule has 0 fully saturated rings. The first-order valence-corrected chi connectivity index (χ1v) is 2.07. The molecule has 0 aliphatic carbocycles. The van der Waals surface area contributed by atoms with Gasteiger partial charge in [0, 0.05) is 19.5 Å². The summed E-state index contributed by atoms with van der Waals surface area (Å²) in [4.78, 5) is 9.94. The van der Waals surface area contributed by atoms with Crippen LogP contribution in [0.25, 0.3) is 0 Å².